The molecular weight excluding hydrogens is 374 g/mol. The number of carboxylic acid groups (broad SMARTS) is 1. The zero-order chi connectivity index (χ0) is 20.9. The fourth-order valence-electron chi connectivity index (χ4n) is 2.90. The van der Waals surface area contributed by atoms with E-state index < -0.39 is 29.7 Å². The second kappa shape index (κ2) is 8.39. The fourth-order valence-corrected chi connectivity index (χ4v) is 2.90. The molecule has 1 atom stereocenters. The number of amides is 2. The topological polar surface area (TPSA) is 122 Å². The molecule has 148 valence electrons. The van der Waals surface area contributed by atoms with Gasteiger partial charge in [-0.3, -0.25) is 9.59 Å². The zero-order valence-electron chi connectivity index (χ0n) is 15.6. The number of carboxylic acids is 1. The van der Waals surface area contributed by atoms with E-state index in [1.807, 2.05) is 0 Å². The highest BCUT2D eigenvalue weighted by Crippen LogP contribution is 2.27. The Labute approximate surface area is 166 Å². The van der Waals surface area contributed by atoms with Crippen LogP contribution in [-0.2, 0) is 15.1 Å². The molecule has 0 aliphatic rings. The minimum atomic E-state index is -1.98. The van der Waals surface area contributed by atoms with Gasteiger partial charge in [0.15, 0.2) is 11.4 Å². The molecule has 0 saturated carbocycles. The number of benzene rings is 2. The summed E-state index contributed by atoms with van der Waals surface area (Å²) in [6.45, 7) is 1.66. The third kappa shape index (κ3) is 4.49. The molecule has 0 aliphatic heterocycles. The Morgan fingerprint density at radius 3 is 2.21 bits per heavy atom. The SMILES string of the molecule is Cc1cc(NC(=O)CC(NC(=O)c2ccccc2)(C(=O)O)c2ccccc2)no1. The predicted octanol–water partition coefficient (Wildman–Crippen LogP) is 2.72. The monoisotopic (exact) mass is 393 g/mol. The molecule has 29 heavy (non-hydrogen) atoms. The maximum Gasteiger partial charge on any atom is 0.334 e. The Balaban J connectivity index is 1.94. The lowest BCUT2D eigenvalue weighted by molar-refractivity contribution is -0.147. The maximum absolute atomic E-state index is 12.7. The van der Waals surface area contributed by atoms with Crippen LogP contribution in [0.25, 0.3) is 0 Å². The van der Waals surface area contributed by atoms with Gasteiger partial charge in [0.05, 0.1) is 6.42 Å². The van der Waals surface area contributed by atoms with Crippen molar-refractivity contribution in [1.82, 2.24) is 10.5 Å². The quantitative estimate of drug-likeness (QED) is 0.567. The summed E-state index contributed by atoms with van der Waals surface area (Å²) in [6.07, 6.45) is -0.545. The highest BCUT2D eigenvalue weighted by atomic mass is 16.5. The standard InChI is InChI=1S/C21H19N3O5/c1-14-12-17(24-29-14)22-18(25)13-21(20(27)28,16-10-6-3-7-11-16)23-19(26)15-8-4-2-5-9-15/h2-12H,13H2,1H3,(H,23,26)(H,27,28)(H,22,24,25). The molecule has 2 amide bonds. The number of anilines is 1. The van der Waals surface area contributed by atoms with Crippen LogP contribution in [0.3, 0.4) is 0 Å². The van der Waals surface area contributed by atoms with Gasteiger partial charge in [-0.15, -0.1) is 0 Å². The van der Waals surface area contributed by atoms with Crippen molar-refractivity contribution in [2.45, 2.75) is 18.9 Å². The number of rotatable bonds is 7. The molecule has 1 heterocycles. The third-order valence-electron chi connectivity index (χ3n) is 4.32. The Hall–Kier alpha value is -3.94. The van der Waals surface area contributed by atoms with Crippen molar-refractivity contribution in [1.29, 1.82) is 0 Å². The van der Waals surface area contributed by atoms with Crippen molar-refractivity contribution in [3.05, 3.63) is 83.6 Å². The summed E-state index contributed by atoms with van der Waals surface area (Å²) < 4.78 is 4.90. The predicted molar refractivity (Wildman–Crippen MR) is 104 cm³/mol. The first-order chi connectivity index (χ1) is 13.9. The van der Waals surface area contributed by atoms with Crippen molar-refractivity contribution in [2.75, 3.05) is 5.32 Å². The lowest BCUT2D eigenvalue weighted by Gasteiger charge is -2.30. The van der Waals surface area contributed by atoms with Crippen LogP contribution >= 0.6 is 0 Å². The van der Waals surface area contributed by atoms with Gasteiger partial charge in [0, 0.05) is 11.6 Å². The van der Waals surface area contributed by atoms with Crippen LogP contribution in [0.5, 0.6) is 0 Å². The Bertz CT molecular complexity index is 1020. The van der Waals surface area contributed by atoms with Gasteiger partial charge in [-0.05, 0) is 24.6 Å². The second-order valence-electron chi connectivity index (χ2n) is 6.44. The van der Waals surface area contributed by atoms with Gasteiger partial charge in [-0.2, -0.15) is 0 Å². The van der Waals surface area contributed by atoms with Crippen molar-refractivity contribution in [3.63, 3.8) is 0 Å². The molecule has 2 aromatic carbocycles. The van der Waals surface area contributed by atoms with E-state index in [2.05, 4.69) is 15.8 Å². The zero-order valence-corrected chi connectivity index (χ0v) is 15.6. The maximum atomic E-state index is 12.7. The van der Waals surface area contributed by atoms with Crippen LogP contribution in [0.4, 0.5) is 5.82 Å². The average molecular weight is 393 g/mol. The number of hydrogen-bond donors (Lipinski definition) is 3. The van der Waals surface area contributed by atoms with E-state index in [9.17, 15) is 19.5 Å². The van der Waals surface area contributed by atoms with Gasteiger partial charge in [-0.25, -0.2) is 4.79 Å². The van der Waals surface area contributed by atoms with E-state index in [0.29, 0.717) is 5.76 Å². The molecule has 1 unspecified atom stereocenters. The number of hydrogen-bond acceptors (Lipinski definition) is 5. The van der Waals surface area contributed by atoms with E-state index in [1.165, 1.54) is 6.07 Å². The summed E-state index contributed by atoms with van der Waals surface area (Å²) in [5, 5.41) is 18.8. The Kier molecular flexibility index (Phi) is 5.73. The van der Waals surface area contributed by atoms with E-state index in [0.717, 1.165) is 0 Å². The number of nitrogens with one attached hydrogen (secondary N) is 2. The minimum Gasteiger partial charge on any atom is -0.479 e. The van der Waals surface area contributed by atoms with Crippen LogP contribution in [-0.4, -0.2) is 28.0 Å². The Morgan fingerprint density at radius 2 is 1.66 bits per heavy atom. The van der Waals surface area contributed by atoms with Crippen LogP contribution in [0.15, 0.2) is 71.3 Å². The molecular formula is C21H19N3O5. The molecule has 0 aliphatic carbocycles. The van der Waals surface area contributed by atoms with E-state index in [-0.39, 0.29) is 16.9 Å². The number of carbonyl (C=O) groups excluding carboxylic acids is 2. The van der Waals surface area contributed by atoms with E-state index in [4.69, 9.17) is 4.52 Å². The smallest absolute Gasteiger partial charge is 0.334 e. The molecule has 0 bridgehead atoms. The van der Waals surface area contributed by atoms with Gasteiger partial charge < -0.3 is 20.3 Å². The van der Waals surface area contributed by atoms with Gasteiger partial charge >= 0.3 is 5.97 Å². The number of carbonyl (C=O) groups is 3. The van der Waals surface area contributed by atoms with Crippen molar-refractivity contribution < 1.29 is 24.0 Å². The van der Waals surface area contributed by atoms with E-state index >= 15 is 0 Å². The highest BCUT2D eigenvalue weighted by Gasteiger charge is 2.44. The summed E-state index contributed by atoms with van der Waals surface area (Å²) in [6, 6.07) is 17.8. The second-order valence-corrected chi connectivity index (χ2v) is 6.44. The summed E-state index contributed by atoms with van der Waals surface area (Å²) >= 11 is 0. The van der Waals surface area contributed by atoms with Crippen LogP contribution in [0.2, 0.25) is 0 Å². The molecule has 8 nitrogen and oxygen atoms in total. The number of aryl methyl sites for hydroxylation is 1. The number of aromatic nitrogens is 1. The van der Waals surface area contributed by atoms with Gasteiger partial charge in [0.25, 0.3) is 5.91 Å². The molecule has 0 fully saturated rings. The molecule has 1 aromatic heterocycles. The van der Waals surface area contributed by atoms with Crippen molar-refractivity contribution in [2.24, 2.45) is 0 Å². The van der Waals surface area contributed by atoms with Gasteiger partial charge in [0.1, 0.15) is 5.76 Å². The first kappa shape index (κ1) is 19.8. The molecule has 0 radical (unpaired) electrons. The molecule has 3 rings (SSSR count). The van der Waals surface area contributed by atoms with Gasteiger partial charge in [0.2, 0.25) is 5.91 Å². The highest BCUT2D eigenvalue weighted by molar-refractivity contribution is 6.01. The van der Waals surface area contributed by atoms with Crippen molar-refractivity contribution >= 4 is 23.6 Å². The summed E-state index contributed by atoms with van der Waals surface area (Å²) in [4.78, 5) is 37.7. The average Bonchev–Trinajstić information content (AvgIpc) is 3.12. The van der Waals surface area contributed by atoms with Crippen LogP contribution in [0, 0.1) is 6.92 Å². The normalized spacial score (nSPS) is 12.6. The fraction of sp³-hybridized carbons (Fsp3) is 0.143. The van der Waals surface area contributed by atoms with Crippen molar-refractivity contribution in [3.8, 4) is 0 Å². The molecule has 8 heteroatoms. The number of aliphatic carboxylic acids is 1. The Morgan fingerprint density at radius 1 is 1.03 bits per heavy atom. The molecule has 3 aromatic rings. The van der Waals surface area contributed by atoms with E-state index in [1.54, 1.807) is 67.6 Å². The molecule has 0 saturated heterocycles. The summed E-state index contributed by atoms with van der Waals surface area (Å²) in [5.41, 5.74) is -1.43. The largest absolute Gasteiger partial charge is 0.479 e. The number of nitrogens with zero attached hydrogens (tertiary/aromatic N) is 1. The third-order valence-corrected chi connectivity index (χ3v) is 4.32. The minimum absolute atomic E-state index is 0.161. The summed E-state index contributed by atoms with van der Waals surface area (Å²) in [7, 11) is 0. The van der Waals surface area contributed by atoms with Crippen LogP contribution < -0.4 is 10.6 Å². The lowest BCUT2D eigenvalue weighted by Crippen LogP contribution is -2.53. The summed E-state index contributed by atoms with van der Waals surface area (Å²) in [5.74, 6) is -1.96. The van der Waals surface area contributed by atoms with Crippen LogP contribution in [0.1, 0.15) is 28.1 Å². The lowest BCUT2D eigenvalue weighted by atomic mass is 9.85. The first-order valence-electron chi connectivity index (χ1n) is 8.80. The molecule has 0 spiro atoms. The van der Waals surface area contributed by atoms with Gasteiger partial charge in [-0.1, -0.05) is 53.7 Å². The molecule has 3 N–H and O–H groups in total. The first-order valence-corrected chi connectivity index (χ1v) is 8.80.